The molecule has 3 N–H and O–H groups in total. The Hall–Kier alpha value is -2.38. The van der Waals surface area contributed by atoms with E-state index in [4.69, 9.17) is 0 Å². The zero-order valence-corrected chi connectivity index (χ0v) is 17.2. The van der Waals surface area contributed by atoms with E-state index in [1.165, 1.54) is 0 Å². The van der Waals surface area contributed by atoms with Crippen LogP contribution in [-0.2, 0) is 27.7 Å². The number of anilines is 2. The van der Waals surface area contributed by atoms with E-state index < -0.39 is 10.0 Å². The van der Waals surface area contributed by atoms with Crippen LogP contribution in [0.2, 0.25) is 0 Å². The second-order valence-electron chi connectivity index (χ2n) is 7.47. The van der Waals surface area contributed by atoms with E-state index in [9.17, 15) is 18.3 Å². The third kappa shape index (κ3) is 4.36. The van der Waals surface area contributed by atoms with E-state index >= 15 is 0 Å². The zero-order valence-electron chi connectivity index (χ0n) is 16.4. The molecule has 0 bridgehead atoms. The number of sulfonamides is 1. The number of aliphatic hydroxyl groups excluding tert-OH is 1. The first kappa shape index (κ1) is 20.4. The Morgan fingerprint density at radius 1 is 1.07 bits per heavy atom. The van der Waals surface area contributed by atoms with Crippen LogP contribution < -0.4 is 10.0 Å². The lowest BCUT2D eigenvalue weighted by Gasteiger charge is -2.22. The summed E-state index contributed by atoms with van der Waals surface area (Å²) in [6.45, 7) is 5.52. The minimum absolute atomic E-state index is 0.124. The largest absolute Gasteiger partial charge is 0.394 e. The van der Waals surface area contributed by atoms with Crippen molar-refractivity contribution in [3.63, 3.8) is 0 Å². The molecule has 0 fully saturated rings. The van der Waals surface area contributed by atoms with Crippen LogP contribution in [-0.4, -0.2) is 32.0 Å². The van der Waals surface area contributed by atoms with Gasteiger partial charge in [-0.2, -0.15) is 0 Å². The number of carbonyl (C=O) groups is 1. The minimum Gasteiger partial charge on any atom is -0.394 e. The van der Waals surface area contributed by atoms with Gasteiger partial charge in [0.05, 0.1) is 12.3 Å². The summed E-state index contributed by atoms with van der Waals surface area (Å²) in [5.74, 6) is 0.150. The first-order chi connectivity index (χ1) is 13.2. The molecule has 1 atom stereocenters. The van der Waals surface area contributed by atoms with Crippen molar-refractivity contribution in [2.45, 2.75) is 51.0 Å². The molecule has 0 unspecified atom stereocenters. The summed E-state index contributed by atoms with van der Waals surface area (Å²) in [5.41, 5.74) is 4.69. The molecule has 6 nitrogen and oxygen atoms in total. The molecule has 0 aliphatic heterocycles. The van der Waals surface area contributed by atoms with Crippen molar-refractivity contribution >= 4 is 27.2 Å². The molecular formula is C21H26N2O4S. The van der Waals surface area contributed by atoms with E-state index in [0.29, 0.717) is 30.6 Å². The summed E-state index contributed by atoms with van der Waals surface area (Å²) in [6, 6.07) is 8.46. The Balaban J connectivity index is 2.04. The average molecular weight is 403 g/mol. The Labute approximate surface area is 166 Å². The molecule has 1 aliphatic carbocycles. The molecule has 0 saturated carbocycles. The monoisotopic (exact) mass is 402 g/mol. The molecule has 7 heteroatoms. The first-order valence-corrected chi connectivity index (χ1v) is 10.8. The normalized spacial score (nSPS) is 15.1. The second-order valence-corrected chi connectivity index (χ2v) is 9.12. The number of nitrogens with one attached hydrogen (secondary N) is 2. The number of benzene rings is 2. The van der Waals surface area contributed by atoms with Gasteiger partial charge in [0, 0.05) is 24.6 Å². The van der Waals surface area contributed by atoms with Gasteiger partial charge >= 0.3 is 0 Å². The van der Waals surface area contributed by atoms with E-state index in [1.54, 1.807) is 31.2 Å². The molecule has 1 aliphatic rings. The molecular weight excluding hydrogens is 376 g/mol. The van der Waals surface area contributed by atoms with E-state index in [2.05, 4.69) is 10.0 Å². The number of ketones is 1. The Kier molecular flexibility index (Phi) is 5.76. The summed E-state index contributed by atoms with van der Waals surface area (Å²) in [7, 11) is -3.85. The highest BCUT2D eigenvalue weighted by atomic mass is 32.2. The number of hydrogen-bond donors (Lipinski definition) is 3. The highest BCUT2D eigenvalue weighted by molar-refractivity contribution is 7.92. The van der Waals surface area contributed by atoms with Gasteiger partial charge in [0.1, 0.15) is 10.7 Å². The highest BCUT2D eigenvalue weighted by Crippen LogP contribution is 2.31. The Morgan fingerprint density at radius 2 is 1.82 bits per heavy atom. The van der Waals surface area contributed by atoms with Gasteiger partial charge in [0.2, 0.25) is 0 Å². The van der Waals surface area contributed by atoms with Crippen molar-refractivity contribution < 1.29 is 18.3 Å². The molecule has 2 aromatic carbocycles. The summed E-state index contributed by atoms with van der Waals surface area (Å²) >= 11 is 0. The molecule has 0 saturated heterocycles. The van der Waals surface area contributed by atoms with Crippen LogP contribution in [0.5, 0.6) is 0 Å². The SMILES string of the molecule is Cc1ccc(NS(=O)(=O)c2cc3c(cc2N[C@H](C)CO)CC(=O)CC3)cc1C. The van der Waals surface area contributed by atoms with Crippen LogP contribution in [0.1, 0.15) is 35.6 Å². The van der Waals surface area contributed by atoms with E-state index in [-0.39, 0.29) is 23.3 Å². The van der Waals surface area contributed by atoms with E-state index in [0.717, 1.165) is 22.3 Å². The van der Waals surface area contributed by atoms with Crippen molar-refractivity contribution in [2.24, 2.45) is 0 Å². The third-order valence-electron chi connectivity index (χ3n) is 5.09. The predicted octanol–water partition coefficient (Wildman–Crippen LogP) is 2.95. The summed E-state index contributed by atoms with van der Waals surface area (Å²) in [5, 5.41) is 12.4. The minimum atomic E-state index is -3.85. The topological polar surface area (TPSA) is 95.5 Å². The van der Waals surface area contributed by atoms with Crippen molar-refractivity contribution in [3.8, 4) is 0 Å². The van der Waals surface area contributed by atoms with Gasteiger partial charge in [-0.15, -0.1) is 0 Å². The molecule has 3 rings (SSSR count). The lowest BCUT2D eigenvalue weighted by Crippen LogP contribution is -2.24. The quantitative estimate of drug-likeness (QED) is 0.690. The fourth-order valence-electron chi connectivity index (χ4n) is 3.30. The molecule has 2 aromatic rings. The number of aliphatic hydroxyl groups is 1. The van der Waals surface area contributed by atoms with Crippen molar-refractivity contribution in [2.75, 3.05) is 16.6 Å². The van der Waals surface area contributed by atoms with Crippen LogP contribution in [0.3, 0.4) is 0 Å². The Morgan fingerprint density at radius 3 is 2.50 bits per heavy atom. The van der Waals surface area contributed by atoms with Crippen molar-refractivity contribution in [1.82, 2.24) is 0 Å². The lowest BCUT2D eigenvalue weighted by molar-refractivity contribution is -0.118. The molecule has 0 heterocycles. The molecule has 0 radical (unpaired) electrons. The zero-order chi connectivity index (χ0) is 20.5. The summed E-state index contributed by atoms with van der Waals surface area (Å²) < 4.78 is 29.0. The summed E-state index contributed by atoms with van der Waals surface area (Å²) in [6.07, 6.45) is 1.27. The van der Waals surface area contributed by atoms with Gasteiger partial charge in [-0.05, 0) is 73.7 Å². The van der Waals surface area contributed by atoms with Gasteiger partial charge in [-0.3, -0.25) is 9.52 Å². The molecule has 0 aromatic heterocycles. The molecule has 150 valence electrons. The second kappa shape index (κ2) is 7.93. The van der Waals surface area contributed by atoms with Gasteiger partial charge in [0.25, 0.3) is 10.0 Å². The Bertz CT molecular complexity index is 1020. The van der Waals surface area contributed by atoms with Gasteiger partial charge in [-0.1, -0.05) is 6.07 Å². The maximum Gasteiger partial charge on any atom is 0.263 e. The maximum absolute atomic E-state index is 13.2. The molecule has 0 spiro atoms. The maximum atomic E-state index is 13.2. The number of carbonyl (C=O) groups excluding carboxylic acids is 1. The highest BCUT2D eigenvalue weighted by Gasteiger charge is 2.25. The standard InChI is InChI=1S/C21H26N2O4S/c1-13-4-6-18(8-14(13)2)23-28(26,27)21-11-16-5-7-19(25)9-17(16)10-20(21)22-15(3)12-24/h4,6,8,10-11,15,22-24H,5,7,9,12H2,1-3H3/t15-/m1/s1. The molecule has 0 amide bonds. The van der Waals surface area contributed by atoms with Crippen LogP contribution >= 0.6 is 0 Å². The number of aryl methyl sites for hydroxylation is 3. The third-order valence-corrected chi connectivity index (χ3v) is 6.51. The summed E-state index contributed by atoms with van der Waals surface area (Å²) in [4.78, 5) is 11.9. The molecule has 28 heavy (non-hydrogen) atoms. The number of Topliss-reactive ketones (excluding diaryl/α,β-unsaturated/α-hetero) is 1. The van der Waals surface area contributed by atoms with E-state index in [1.807, 2.05) is 19.9 Å². The number of rotatable bonds is 6. The smallest absolute Gasteiger partial charge is 0.263 e. The van der Waals surface area contributed by atoms with Gasteiger partial charge < -0.3 is 10.4 Å². The van der Waals surface area contributed by atoms with Gasteiger partial charge in [-0.25, -0.2) is 8.42 Å². The lowest BCUT2D eigenvalue weighted by atomic mass is 9.90. The fraction of sp³-hybridized carbons (Fsp3) is 0.381. The van der Waals surface area contributed by atoms with Crippen LogP contribution in [0.25, 0.3) is 0 Å². The fourth-order valence-corrected chi connectivity index (χ4v) is 4.55. The van der Waals surface area contributed by atoms with Gasteiger partial charge in [0.15, 0.2) is 0 Å². The number of hydrogen-bond acceptors (Lipinski definition) is 5. The van der Waals surface area contributed by atoms with Crippen LogP contribution in [0.4, 0.5) is 11.4 Å². The first-order valence-electron chi connectivity index (χ1n) is 9.34. The predicted molar refractivity (Wildman–Crippen MR) is 110 cm³/mol. The van der Waals surface area contributed by atoms with Crippen LogP contribution in [0.15, 0.2) is 35.2 Å². The number of fused-ring (bicyclic) bond motifs is 1. The van der Waals surface area contributed by atoms with Crippen molar-refractivity contribution in [3.05, 3.63) is 52.6 Å². The average Bonchev–Trinajstić information content (AvgIpc) is 2.63. The van der Waals surface area contributed by atoms with Crippen LogP contribution in [0, 0.1) is 13.8 Å². The van der Waals surface area contributed by atoms with Crippen molar-refractivity contribution in [1.29, 1.82) is 0 Å².